The highest BCUT2D eigenvalue weighted by Gasteiger charge is 2.41. The van der Waals surface area contributed by atoms with E-state index in [1.165, 1.54) is 12.1 Å². The molecule has 8 heteroatoms. The summed E-state index contributed by atoms with van der Waals surface area (Å²) in [6, 6.07) is 17.8. The van der Waals surface area contributed by atoms with Gasteiger partial charge in [0.15, 0.2) is 5.78 Å². The SMILES string of the molecule is CC1=C(C(=O)Nc2cccc(C(F)(F)F)c2)[C@@H](c2cccnc2)C2=C(C[C@@H](c3ccccc3)CC2=O)N1. The van der Waals surface area contributed by atoms with Gasteiger partial charge in [-0.15, -0.1) is 0 Å². The van der Waals surface area contributed by atoms with Crippen LogP contribution in [0.4, 0.5) is 18.9 Å². The summed E-state index contributed by atoms with van der Waals surface area (Å²) < 4.78 is 39.6. The number of allylic oxidation sites excluding steroid dienone is 3. The highest BCUT2D eigenvalue weighted by atomic mass is 19.4. The van der Waals surface area contributed by atoms with Crippen molar-refractivity contribution in [3.8, 4) is 0 Å². The number of anilines is 1. The van der Waals surface area contributed by atoms with E-state index in [1.807, 2.05) is 30.3 Å². The number of rotatable bonds is 4. The minimum atomic E-state index is -4.54. The quantitative estimate of drug-likeness (QED) is 0.451. The minimum absolute atomic E-state index is 0.00258. The van der Waals surface area contributed by atoms with Crippen LogP contribution in [0.25, 0.3) is 0 Å². The second-order valence-electron chi connectivity index (χ2n) is 9.25. The van der Waals surface area contributed by atoms with Gasteiger partial charge in [0.25, 0.3) is 5.91 Å². The van der Waals surface area contributed by atoms with Gasteiger partial charge in [-0.3, -0.25) is 14.6 Å². The number of nitrogens with zero attached hydrogens (tertiary/aromatic N) is 1. The lowest BCUT2D eigenvalue weighted by molar-refractivity contribution is -0.137. The summed E-state index contributed by atoms with van der Waals surface area (Å²) in [5.74, 6) is -1.35. The van der Waals surface area contributed by atoms with Crippen LogP contribution < -0.4 is 10.6 Å². The van der Waals surface area contributed by atoms with Crippen LogP contribution >= 0.6 is 0 Å². The maximum Gasteiger partial charge on any atom is 0.416 e. The number of dihydropyridines is 1. The molecule has 5 nitrogen and oxygen atoms in total. The number of nitrogens with one attached hydrogen (secondary N) is 2. The van der Waals surface area contributed by atoms with Crippen LogP contribution in [0.1, 0.15) is 48.3 Å². The Bertz CT molecular complexity index is 1410. The van der Waals surface area contributed by atoms with E-state index in [0.717, 1.165) is 23.4 Å². The first-order valence-corrected chi connectivity index (χ1v) is 11.9. The molecule has 2 N–H and O–H groups in total. The molecule has 0 bridgehead atoms. The highest BCUT2D eigenvalue weighted by Crippen LogP contribution is 2.45. The zero-order valence-electron chi connectivity index (χ0n) is 20.0. The largest absolute Gasteiger partial charge is 0.416 e. The predicted molar refractivity (Wildman–Crippen MR) is 133 cm³/mol. The van der Waals surface area contributed by atoms with Crippen molar-refractivity contribution in [2.45, 2.75) is 37.8 Å². The Kier molecular flexibility index (Phi) is 6.41. The molecule has 1 aliphatic heterocycles. The van der Waals surface area contributed by atoms with E-state index in [-0.39, 0.29) is 23.0 Å². The molecule has 5 rings (SSSR count). The molecular weight excluding hydrogens is 479 g/mol. The molecule has 0 spiro atoms. The zero-order valence-corrected chi connectivity index (χ0v) is 20.0. The molecule has 0 saturated heterocycles. The number of carbonyl (C=O) groups excluding carboxylic acids is 2. The van der Waals surface area contributed by atoms with Gasteiger partial charge >= 0.3 is 6.18 Å². The Morgan fingerprint density at radius 2 is 1.76 bits per heavy atom. The molecule has 2 aliphatic rings. The molecule has 0 fully saturated rings. The number of ketones is 1. The number of aromatic nitrogens is 1. The first-order valence-electron chi connectivity index (χ1n) is 11.9. The third kappa shape index (κ3) is 4.91. The Morgan fingerprint density at radius 3 is 2.46 bits per heavy atom. The zero-order chi connectivity index (χ0) is 26.2. The lowest BCUT2D eigenvalue weighted by Gasteiger charge is -2.37. The number of Topliss-reactive ketones (excluding diaryl/α,β-unsaturated/α-hetero) is 1. The molecule has 2 heterocycles. The molecule has 1 amide bonds. The van der Waals surface area contributed by atoms with Crippen LogP contribution in [0.3, 0.4) is 0 Å². The summed E-state index contributed by atoms with van der Waals surface area (Å²) in [6.07, 6.45) is -0.427. The lowest BCUT2D eigenvalue weighted by Crippen LogP contribution is -2.37. The smallest absolute Gasteiger partial charge is 0.362 e. The predicted octanol–water partition coefficient (Wildman–Crippen LogP) is 6.10. The second-order valence-corrected chi connectivity index (χ2v) is 9.25. The number of benzene rings is 2. The second kappa shape index (κ2) is 9.69. The summed E-state index contributed by atoms with van der Waals surface area (Å²) in [7, 11) is 0. The Morgan fingerprint density at radius 1 is 1.00 bits per heavy atom. The maximum absolute atomic E-state index is 13.6. The van der Waals surface area contributed by atoms with Gasteiger partial charge < -0.3 is 10.6 Å². The monoisotopic (exact) mass is 503 g/mol. The van der Waals surface area contributed by atoms with Gasteiger partial charge in [0.2, 0.25) is 0 Å². The van der Waals surface area contributed by atoms with Gasteiger partial charge in [0, 0.05) is 53.0 Å². The van der Waals surface area contributed by atoms with Crippen LogP contribution in [-0.4, -0.2) is 16.7 Å². The number of alkyl halides is 3. The van der Waals surface area contributed by atoms with Crippen molar-refractivity contribution >= 4 is 17.4 Å². The molecule has 2 atom stereocenters. The summed E-state index contributed by atoms with van der Waals surface area (Å²) in [5.41, 5.74) is 2.96. The van der Waals surface area contributed by atoms with E-state index in [9.17, 15) is 22.8 Å². The summed E-state index contributed by atoms with van der Waals surface area (Å²) in [6.45, 7) is 1.74. The van der Waals surface area contributed by atoms with E-state index < -0.39 is 23.6 Å². The fourth-order valence-corrected chi connectivity index (χ4v) is 5.15. The number of pyridine rings is 1. The van der Waals surface area contributed by atoms with E-state index in [4.69, 9.17) is 0 Å². The van der Waals surface area contributed by atoms with Crippen molar-refractivity contribution < 1.29 is 22.8 Å². The fraction of sp³-hybridized carbons (Fsp3) is 0.207. The summed E-state index contributed by atoms with van der Waals surface area (Å²) in [4.78, 5) is 31.3. The molecule has 0 saturated carbocycles. The number of hydrogen-bond acceptors (Lipinski definition) is 4. The van der Waals surface area contributed by atoms with Crippen molar-refractivity contribution in [3.05, 3.63) is 118 Å². The average molecular weight is 504 g/mol. The third-order valence-corrected chi connectivity index (χ3v) is 6.81. The minimum Gasteiger partial charge on any atom is -0.362 e. The first kappa shape index (κ1) is 24.5. The molecular formula is C29H24F3N3O2. The number of halogens is 3. The van der Waals surface area contributed by atoms with Gasteiger partial charge in [-0.2, -0.15) is 13.2 Å². The summed E-state index contributed by atoms with van der Waals surface area (Å²) in [5, 5.41) is 5.89. The molecule has 1 aromatic heterocycles. The van der Waals surface area contributed by atoms with E-state index in [0.29, 0.717) is 29.7 Å². The van der Waals surface area contributed by atoms with E-state index >= 15 is 0 Å². The average Bonchev–Trinajstić information content (AvgIpc) is 2.88. The van der Waals surface area contributed by atoms with Gasteiger partial charge in [-0.1, -0.05) is 42.5 Å². The van der Waals surface area contributed by atoms with Crippen LogP contribution in [0.5, 0.6) is 0 Å². The van der Waals surface area contributed by atoms with Crippen LogP contribution in [0.15, 0.2) is 102 Å². The van der Waals surface area contributed by atoms with Gasteiger partial charge in [0.05, 0.1) is 5.56 Å². The number of amides is 1. The van der Waals surface area contributed by atoms with Crippen molar-refractivity contribution in [2.75, 3.05) is 5.32 Å². The molecule has 188 valence electrons. The van der Waals surface area contributed by atoms with E-state index in [2.05, 4.69) is 15.6 Å². The lowest BCUT2D eigenvalue weighted by atomic mass is 9.72. The number of carbonyl (C=O) groups is 2. The number of hydrogen-bond donors (Lipinski definition) is 2. The van der Waals surface area contributed by atoms with Crippen molar-refractivity contribution in [1.82, 2.24) is 10.3 Å². The van der Waals surface area contributed by atoms with Crippen LogP contribution in [0, 0.1) is 0 Å². The Labute approximate surface area is 212 Å². The molecule has 3 aromatic rings. The molecule has 0 radical (unpaired) electrons. The standard InChI is InChI=1S/C29H24F3N3O2/c1-17-25(28(37)35-22-11-5-10-21(15-22)29(30,31)32)26(19-9-6-12-33-16-19)27-23(34-17)13-20(14-24(27)36)18-7-3-2-4-8-18/h2-12,15-16,20,26,34H,13-14H2,1H3,(H,35,37)/t20-,26-/m1/s1. The van der Waals surface area contributed by atoms with Crippen molar-refractivity contribution in [1.29, 1.82) is 0 Å². The highest BCUT2D eigenvalue weighted by molar-refractivity contribution is 6.10. The van der Waals surface area contributed by atoms with Crippen molar-refractivity contribution in [2.24, 2.45) is 0 Å². The summed E-state index contributed by atoms with van der Waals surface area (Å²) >= 11 is 0. The maximum atomic E-state index is 13.6. The van der Waals surface area contributed by atoms with Gasteiger partial charge in [-0.05, 0) is 54.7 Å². The molecule has 2 aromatic carbocycles. The van der Waals surface area contributed by atoms with Crippen molar-refractivity contribution in [3.63, 3.8) is 0 Å². The van der Waals surface area contributed by atoms with E-state index in [1.54, 1.807) is 31.5 Å². The Balaban J connectivity index is 1.52. The topological polar surface area (TPSA) is 71.1 Å². The van der Waals surface area contributed by atoms with Gasteiger partial charge in [0.1, 0.15) is 0 Å². The molecule has 0 unspecified atom stereocenters. The van der Waals surface area contributed by atoms with Gasteiger partial charge in [-0.25, -0.2) is 0 Å². The Hall–Kier alpha value is -4.20. The third-order valence-electron chi connectivity index (χ3n) is 6.81. The molecule has 37 heavy (non-hydrogen) atoms. The first-order chi connectivity index (χ1) is 17.7. The normalized spacial score (nSPS) is 19.8. The van der Waals surface area contributed by atoms with Crippen LogP contribution in [-0.2, 0) is 15.8 Å². The fourth-order valence-electron chi connectivity index (χ4n) is 5.15. The molecule has 1 aliphatic carbocycles. The van der Waals surface area contributed by atoms with Crippen LogP contribution in [0.2, 0.25) is 0 Å².